The normalized spacial score (nSPS) is 19.9. The lowest BCUT2D eigenvalue weighted by atomic mass is 9.95. The van der Waals surface area contributed by atoms with Gasteiger partial charge in [0.1, 0.15) is 4.88 Å². The zero-order valence-corrected chi connectivity index (χ0v) is 17.1. The predicted molar refractivity (Wildman–Crippen MR) is 108 cm³/mol. The Morgan fingerprint density at radius 1 is 1.20 bits per heavy atom. The van der Waals surface area contributed by atoms with E-state index in [4.69, 9.17) is 5.73 Å². The fraction of sp³-hybridized carbons (Fsp3) is 0.444. The van der Waals surface area contributed by atoms with Crippen LogP contribution in [-0.2, 0) is 5.41 Å². The van der Waals surface area contributed by atoms with E-state index in [9.17, 15) is 4.79 Å². The van der Waals surface area contributed by atoms with Gasteiger partial charge in [0.05, 0.1) is 11.2 Å². The molecule has 3 rings (SSSR count). The molecule has 1 fully saturated rings. The summed E-state index contributed by atoms with van der Waals surface area (Å²) in [6.45, 7) is 7.60. The largest absolute Gasteiger partial charge is 0.336 e. The Morgan fingerprint density at radius 3 is 2.40 bits per heavy atom. The maximum atomic E-state index is 12.8. The van der Waals surface area contributed by atoms with E-state index in [-0.39, 0.29) is 48.1 Å². The van der Waals surface area contributed by atoms with Gasteiger partial charge in [-0.15, -0.1) is 36.2 Å². The van der Waals surface area contributed by atoms with Gasteiger partial charge in [-0.3, -0.25) is 4.79 Å². The summed E-state index contributed by atoms with van der Waals surface area (Å²) in [5.41, 5.74) is 7.46. The monoisotopic (exact) mass is 401 g/mol. The molecule has 1 aromatic heterocycles. The first-order chi connectivity index (χ1) is 10.9. The van der Waals surface area contributed by atoms with E-state index in [1.54, 1.807) is 6.20 Å². The lowest BCUT2D eigenvalue weighted by molar-refractivity contribution is 0.0793. The minimum atomic E-state index is -0.0306. The molecule has 25 heavy (non-hydrogen) atoms. The van der Waals surface area contributed by atoms with Crippen LogP contribution in [0.4, 0.5) is 0 Å². The highest BCUT2D eigenvalue weighted by molar-refractivity contribution is 7.13. The molecule has 7 heteroatoms. The van der Waals surface area contributed by atoms with Crippen molar-refractivity contribution >= 4 is 42.1 Å². The lowest BCUT2D eigenvalue weighted by Crippen LogP contribution is -2.31. The summed E-state index contributed by atoms with van der Waals surface area (Å²) < 4.78 is 0. The van der Waals surface area contributed by atoms with Crippen LogP contribution in [0.1, 0.15) is 46.9 Å². The van der Waals surface area contributed by atoms with Crippen molar-refractivity contribution in [3.63, 3.8) is 0 Å². The Bertz CT molecular complexity index is 700. The first-order valence-corrected chi connectivity index (χ1v) is 8.74. The molecule has 1 aromatic carbocycles. The van der Waals surface area contributed by atoms with Crippen LogP contribution in [-0.4, -0.2) is 34.9 Å². The summed E-state index contributed by atoms with van der Waals surface area (Å²) in [5, 5.41) is 0.990. The highest BCUT2D eigenvalue weighted by atomic mass is 35.5. The average Bonchev–Trinajstić information content (AvgIpc) is 3.14. The van der Waals surface area contributed by atoms with Crippen molar-refractivity contribution in [2.45, 2.75) is 38.1 Å². The van der Waals surface area contributed by atoms with Crippen LogP contribution in [0.3, 0.4) is 0 Å². The van der Waals surface area contributed by atoms with Crippen LogP contribution < -0.4 is 5.73 Å². The number of carbonyl (C=O) groups is 1. The number of benzene rings is 1. The Morgan fingerprint density at radius 2 is 1.84 bits per heavy atom. The van der Waals surface area contributed by atoms with E-state index < -0.39 is 0 Å². The zero-order chi connectivity index (χ0) is 16.6. The van der Waals surface area contributed by atoms with Gasteiger partial charge in [-0.2, -0.15) is 0 Å². The number of nitrogens with zero attached hydrogens (tertiary/aromatic N) is 2. The maximum Gasteiger partial charge on any atom is 0.265 e. The first kappa shape index (κ1) is 21.9. The Kier molecular flexibility index (Phi) is 7.44. The summed E-state index contributed by atoms with van der Waals surface area (Å²) in [6.07, 6.45) is 1.70. The fourth-order valence-corrected chi connectivity index (χ4v) is 3.87. The van der Waals surface area contributed by atoms with Crippen LogP contribution in [0.25, 0.3) is 0 Å². The molecular weight excluding hydrogens is 377 g/mol. The lowest BCUT2D eigenvalue weighted by Gasteiger charge is -2.16. The standard InChI is InChI=1S/C18H23N3OS.2ClH/c1-18(2,3)17-20-9-15(23-17)16(22)21-10-13(14(19)11-21)12-7-5-4-6-8-12;;/h4-9,13-14H,10-11,19H2,1-3H3;2*1H/t13-,14+;;/m0../s1. The van der Waals surface area contributed by atoms with Crippen molar-refractivity contribution in [1.82, 2.24) is 9.88 Å². The number of likely N-dealkylation sites (tertiary alicyclic amines) is 1. The van der Waals surface area contributed by atoms with Crippen molar-refractivity contribution in [2.75, 3.05) is 13.1 Å². The topological polar surface area (TPSA) is 59.2 Å². The first-order valence-electron chi connectivity index (χ1n) is 7.92. The Labute approximate surface area is 165 Å². The predicted octanol–water partition coefficient (Wildman–Crippen LogP) is 3.85. The maximum absolute atomic E-state index is 12.8. The molecule has 138 valence electrons. The van der Waals surface area contributed by atoms with Gasteiger partial charge in [0, 0.05) is 30.5 Å². The van der Waals surface area contributed by atoms with E-state index in [1.165, 1.54) is 16.9 Å². The van der Waals surface area contributed by atoms with Crippen molar-refractivity contribution in [1.29, 1.82) is 0 Å². The minimum absolute atomic E-state index is 0. The molecule has 0 spiro atoms. The molecule has 0 saturated carbocycles. The molecule has 1 aliphatic rings. The second-order valence-electron chi connectivity index (χ2n) is 7.17. The van der Waals surface area contributed by atoms with Crippen LogP contribution in [0.2, 0.25) is 0 Å². The SMILES string of the molecule is CC(C)(C)c1ncc(C(=O)N2C[C@@H](N)[C@H](c3ccccc3)C2)s1.Cl.Cl. The second-order valence-corrected chi connectivity index (χ2v) is 8.20. The summed E-state index contributed by atoms with van der Waals surface area (Å²) >= 11 is 1.49. The molecular formula is C18H25Cl2N3OS. The van der Waals surface area contributed by atoms with E-state index >= 15 is 0 Å². The van der Waals surface area contributed by atoms with E-state index in [1.807, 2.05) is 23.1 Å². The molecule has 0 radical (unpaired) electrons. The van der Waals surface area contributed by atoms with E-state index in [0.29, 0.717) is 18.0 Å². The smallest absolute Gasteiger partial charge is 0.265 e. The molecule has 1 amide bonds. The van der Waals surface area contributed by atoms with E-state index in [0.717, 1.165) is 5.01 Å². The van der Waals surface area contributed by atoms with Crippen LogP contribution in [0.5, 0.6) is 0 Å². The molecule has 2 heterocycles. The van der Waals surface area contributed by atoms with Gasteiger partial charge in [-0.05, 0) is 5.56 Å². The van der Waals surface area contributed by atoms with Crippen LogP contribution >= 0.6 is 36.2 Å². The molecule has 0 bridgehead atoms. The van der Waals surface area contributed by atoms with Gasteiger partial charge < -0.3 is 10.6 Å². The molecule has 1 saturated heterocycles. The number of amides is 1. The highest BCUT2D eigenvalue weighted by Gasteiger charge is 2.35. The molecule has 0 aliphatic carbocycles. The van der Waals surface area contributed by atoms with Gasteiger partial charge in [0.15, 0.2) is 0 Å². The van der Waals surface area contributed by atoms with Gasteiger partial charge in [-0.25, -0.2) is 4.98 Å². The van der Waals surface area contributed by atoms with Crippen molar-refractivity contribution < 1.29 is 4.79 Å². The molecule has 1 aliphatic heterocycles. The Balaban J connectivity index is 0.00000156. The number of nitrogens with two attached hydrogens (primary N) is 1. The number of aromatic nitrogens is 1. The molecule has 2 aromatic rings. The summed E-state index contributed by atoms with van der Waals surface area (Å²) in [4.78, 5) is 19.7. The van der Waals surface area contributed by atoms with Crippen LogP contribution in [0, 0.1) is 0 Å². The van der Waals surface area contributed by atoms with Crippen LogP contribution in [0.15, 0.2) is 36.5 Å². The van der Waals surface area contributed by atoms with Crippen molar-refractivity contribution in [3.05, 3.63) is 52.0 Å². The number of carbonyl (C=O) groups excluding carboxylic acids is 1. The summed E-state index contributed by atoms with van der Waals surface area (Å²) in [5.74, 6) is 0.252. The zero-order valence-electron chi connectivity index (χ0n) is 14.6. The van der Waals surface area contributed by atoms with Crippen molar-refractivity contribution in [2.24, 2.45) is 5.73 Å². The molecule has 2 atom stereocenters. The number of thiazole rings is 1. The second kappa shape index (κ2) is 8.49. The minimum Gasteiger partial charge on any atom is -0.336 e. The number of hydrogen-bond donors (Lipinski definition) is 1. The van der Waals surface area contributed by atoms with Crippen molar-refractivity contribution in [3.8, 4) is 0 Å². The van der Waals surface area contributed by atoms with Gasteiger partial charge in [0.2, 0.25) is 0 Å². The summed E-state index contributed by atoms with van der Waals surface area (Å²) in [7, 11) is 0. The quantitative estimate of drug-likeness (QED) is 0.830. The van der Waals surface area contributed by atoms with Gasteiger partial charge >= 0.3 is 0 Å². The third kappa shape index (κ3) is 4.73. The van der Waals surface area contributed by atoms with Gasteiger partial charge in [-0.1, -0.05) is 51.1 Å². The van der Waals surface area contributed by atoms with Gasteiger partial charge in [0.25, 0.3) is 5.91 Å². The number of hydrogen-bond acceptors (Lipinski definition) is 4. The molecule has 2 N–H and O–H groups in total. The average molecular weight is 402 g/mol. The fourth-order valence-electron chi connectivity index (χ4n) is 2.92. The number of halogens is 2. The van der Waals surface area contributed by atoms with E-state index in [2.05, 4.69) is 37.9 Å². The molecule has 4 nitrogen and oxygen atoms in total. The number of rotatable bonds is 2. The third-order valence-corrected chi connectivity index (χ3v) is 5.65. The highest BCUT2D eigenvalue weighted by Crippen LogP contribution is 2.30. The Hall–Kier alpha value is -1.14. The summed E-state index contributed by atoms with van der Waals surface area (Å²) in [6, 6.07) is 10.2. The third-order valence-electron chi connectivity index (χ3n) is 4.24. The molecule has 0 unspecified atom stereocenters.